The van der Waals surface area contributed by atoms with Crippen LogP contribution in [0.15, 0.2) is 79.9 Å². The summed E-state index contributed by atoms with van der Waals surface area (Å²) in [5.74, 6) is -2.58. The van der Waals surface area contributed by atoms with Gasteiger partial charge in [-0.05, 0) is 44.0 Å². The topological polar surface area (TPSA) is 121 Å². The lowest BCUT2D eigenvalue weighted by Crippen LogP contribution is -2.58. The van der Waals surface area contributed by atoms with E-state index in [1.807, 2.05) is 54.6 Å². The van der Waals surface area contributed by atoms with Crippen molar-refractivity contribution in [1.82, 2.24) is 24.8 Å². The van der Waals surface area contributed by atoms with Crippen LogP contribution >= 0.6 is 0 Å². The minimum Gasteiger partial charge on any atom is -0.394 e. The summed E-state index contributed by atoms with van der Waals surface area (Å²) in [6.45, 7) is 9.57. The molecule has 2 bridgehead atoms. The molecule has 6 rings (SSSR count). The maximum Gasteiger partial charge on any atom is 0.250 e. The Balaban J connectivity index is 1.38. The molecular formula is C32H36N6O5. The van der Waals surface area contributed by atoms with Crippen LogP contribution in [-0.2, 0) is 25.8 Å². The highest BCUT2D eigenvalue weighted by Crippen LogP contribution is 2.59. The largest absolute Gasteiger partial charge is 0.394 e. The zero-order chi connectivity index (χ0) is 30.3. The number of amides is 3. The van der Waals surface area contributed by atoms with E-state index < -0.39 is 35.6 Å². The van der Waals surface area contributed by atoms with E-state index in [9.17, 15) is 19.5 Å². The third-order valence-electron chi connectivity index (χ3n) is 9.03. The maximum atomic E-state index is 14.6. The Bertz CT molecular complexity index is 1560. The van der Waals surface area contributed by atoms with Crippen LogP contribution in [0.3, 0.4) is 0 Å². The van der Waals surface area contributed by atoms with Crippen molar-refractivity contribution < 1.29 is 24.2 Å². The molecular weight excluding hydrogens is 548 g/mol. The van der Waals surface area contributed by atoms with E-state index in [-0.39, 0.29) is 44.1 Å². The number of aliphatic hydroxyl groups is 1. The highest BCUT2D eigenvalue weighted by atomic mass is 16.5. The quantitative estimate of drug-likeness (QED) is 0.344. The number of hydrogen-bond acceptors (Lipinski definition) is 7. The number of fused-ring (bicyclic) bond motifs is 2. The molecule has 3 amide bonds. The van der Waals surface area contributed by atoms with Crippen molar-refractivity contribution in [3.8, 4) is 0 Å². The van der Waals surface area contributed by atoms with Crippen molar-refractivity contribution in [2.75, 3.05) is 24.6 Å². The smallest absolute Gasteiger partial charge is 0.250 e. The molecule has 2 unspecified atom stereocenters. The second-order valence-electron chi connectivity index (χ2n) is 11.5. The number of carbonyl (C=O) groups excluding carboxylic acids is 3. The average molecular weight is 585 g/mol. The van der Waals surface area contributed by atoms with Gasteiger partial charge in [-0.25, -0.2) is 4.68 Å². The first-order chi connectivity index (χ1) is 20.9. The van der Waals surface area contributed by atoms with Gasteiger partial charge < -0.3 is 24.5 Å². The van der Waals surface area contributed by atoms with Crippen LogP contribution in [0.5, 0.6) is 0 Å². The number of aliphatic hydroxyl groups excluding tert-OH is 1. The van der Waals surface area contributed by atoms with Gasteiger partial charge >= 0.3 is 0 Å². The van der Waals surface area contributed by atoms with E-state index in [1.165, 1.54) is 4.90 Å². The number of hydrogen-bond donors (Lipinski definition) is 1. The summed E-state index contributed by atoms with van der Waals surface area (Å²) in [5, 5.41) is 18.7. The maximum absolute atomic E-state index is 14.6. The van der Waals surface area contributed by atoms with Gasteiger partial charge in [0.1, 0.15) is 23.8 Å². The number of aromatic nitrogens is 3. The minimum absolute atomic E-state index is 0.0745. The average Bonchev–Trinajstić information content (AvgIpc) is 3.78. The fourth-order valence-corrected chi connectivity index (χ4v) is 7.18. The molecule has 11 nitrogen and oxygen atoms in total. The number of likely N-dealkylation sites (tertiary alicyclic amines) is 1. The molecule has 0 saturated carbocycles. The lowest BCUT2D eigenvalue weighted by Gasteiger charge is -2.38. The van der Waals surface area contributed by atoms with Crippen molar-refractivity contribution in [3.05, 3.63) is 79.9 Å². The predicted molar refractivity (Wildman–Crippen MR) is 159 cm³/mol. The molecule has 2 aromatic carbocycles. The van der Waals surface area contributed by atoms with Crippen LogP contribution in [-0.4, -0.2) is 91.1 Å². The van der Waals surface area contributed by atoms with Gasteiger partial charge in [0.15, 0.2) is 0 Å². The van der Waals surface area contributed by atoms with Crippen LogP contribution in [0.25, 0.3) is 11.0 Å². The highest BCUT2D eigenvalue weighted by molar-refractivity contribution is 6.03. The zero-order valence-corrected chi connectivity index (χ0v) is 24.2. The second-order valence-corrected chi connectivity index (χ2v) is 11.5. The Morgan fingerprint density at radius 3 is 2.56 bits per heavy atom. The molecule has 3 fully saturated rings. The molecule has 43 heavy (non-hydrogen) atoms. The summed E-state index contributed by atoms with van der Waals surface area (Å²) < 4.78 is 8.25. The molecule has 4 heterocycles. The number of rotatable bonds is 11. The zero-order valence-electron chi connectivity index (χ0n) is 24.2. The Hall–Kier alpha value is -4.35. The lowest BCUT2D eigenvalue weighted by atomic mass is 9.70. The van der Waals surface area contributed by atoms with E-state index in [2.05, 4.69) is 23.5 Å². The van der Waals surface area contributed by atoms with Gasteiger partial charge in [-0.3, -0.25) is 14.4 Å². The van der Waals surface area contributed by atoms with E-state index in [0.717, 1.165) is 5.52 Å². The first kappa shape index (κ1) is 28.8. The summed E-state index contributed by atoms with van der Waals surface area (Å²) >= 11 is 0. The molecule has 1 spiro atoms. The highest BCUT2D eigenvalue weighted by Gasteiger charge is 2.75. The molecule has 11 heteroatoms. The minimum atomic E-state index is -1.21. The Kier molecular flexibility index (Phi) is 7.61. The van der Waals surface area contributed by atoms with E-state index in [4.69, 9.17) is 4.74 Å². The number of anilines is 1. The van der Waals surface area contributed by atoms with Crippen molar-refractivity contribution in [2.45, 2.75) is 50.2 Å². The molecule has 0 radical (unpaired) electrons. The fraction of sp³-hybridized carbons (Fsp3) is 0.406. The summed E-state index contributed by atoms with van der Waals surface area (Å²) in [7, 11) is 0. The number of nitrogens with zero attached hydrogens (tertiary/aromatic N) is 6. The Morgan fingerprint density at radius 2 is 1.84 bits per heavy atom. The van der Waals surface area contributed by atoms with Gasteiger partial charge in [-0.1, -0.05) is 47.7 Å². The predicted octanol–water partition coefficient (Wildman–Crippen LogP) is 2.38. The number of ether oxygens (including phenoxy) is 1. The Morgan fingerprint density at radius 1 is 1.12 bits per heavy atom. The molecule has 3 saturated heterocycles. The first-order valence-corrected chi connectivity index (χ1v) is 14.6. The van der Waals surface area contributed by atoms with E-state index in [0.29, 0.717) is 24.0 Å². The van der Waals surface area contributed by atoms with Crippen molar-refractivity contribution in [3.63, 3.8) is 0 Å². The first-order valence-electron chi connectivity index (χ1n) is 14.6. The molecule has 6 atom stereocenters. The normalized spacial score (nSPS) is 26.4. The summed E-state index contributed by atoms with van der Waals surface area (Å²) in [4.78, 5) is 47.8. The number of para-hydroxylation sites is 2. The van der Waals surface area contributed by atoms with Gasteiger partial charge in [0, 0.05) is 18.8 Å². The standard InChI is InChI=1S/C32H36N6O5/c1-4-17-35(20-37-24-14-10-9-13-23(24)33-34-37)31(42)28-32-16-15-25(43-32)26(27(32)30(41)38(28)21(3)19-39)29(40)36(18-5-2)22-11-7-6-8-12-22/h4-14,21,25-28,39H,1-2,15-20H2,3H3/t21-,25-,26+,27+,28?,32?/m1/s1. The third kappa shape index (κ3) is 4.54. The van der Waals surface area contributed by atoms with Crippen LogP contribution in [0.4, 0.5) is 5.69 Å². The van der Waals surface area contributed by atoms with Crippen LogP contribution in [0, 0.1) is 11.8 Å². The van der Waals surface area contributed by atoms with Crippen molar-refractivity contribution in [2.24, 2.45) is 11.8 Å². The number of benzene rings is 2. The monoisotopic (exact) mass is 584 g/mol. The third-order valence-corrected chi connectivity index (χ3v) is 9.03. The summed E-state index contributed by atoms with van der Waals surface area (Å²) in [6, 6.07) is 15.0. The molecule has 3 aliphatic rings. The van der Waals surface area contributed by atoms with Gasteiger partial charge in [0.25, 0.3) is 0 Å². The Labute approximate surface area is 250 Å². The second kappa shape index (κ2) is 11.4. The molecule has 3 aromatic rings. The molecule has 1 aromatic heterocycles. The molecule has 224 valence electrons. The molecule has 0 aliphatic carbocycles. The van der Waals surface area contributed by atoms with Gasteiger partial charge in [0.05, 0.1) is 36.1 Å². The summed E-state index contributed by atoms with van der Waals surface area (Å²) in [5.41, 5.74) is 0.944. The summed E-state index contributed by atoms with van der Waals surface area (Å²) in [6.07, 6.45) is 3.75. The van der Waals surface area contributed by atoms with E-state index >= 15 is 0 Å². The van der Waals surface area contributed by atoms with Gasteiger partial charge in [-0.2, -0.15) is 0 Å². The van der Waals surface area contributed by atoms with Crippen molar-refractivity contribution >= 4 is 34.4 Å². The van der Waals surface area contributed by atoms with Crippen LogP contribution in [0.1, 0.15) is 19.8 Å². The van der Waals surface area contributed by atoms with Crippen LogP contribution in [0.2, 0.25) is 0 Å². The van der Waals surface area contributed by atoms with Gasteiger partial charge in [-0.15, -0.1) is 18.3 Å². The van der Waals surface area contributed by atoms with Gasteiger partial charge in [0.2, 0.25) is 17.7 Å². The molecule has 3 aliphatic heterocycles. The fourth-order valence-electron chi connectivity index (χ4n) is 7.18. The van der Waals surface area contributed by atoms with E-state index in [1.54, 1.807) is 33.6 Å². The SMILES string of the molecule is C=CCN(Cn1nnc2ccccc21)C(=O)C1N([C@H](C)CO)C(=O)[C@@H]2[C@@H](C(=O)N(CC=C)c3ccccc3)[C@H]3CCC12O3. The van der Waals surface area contributed by atoms with Crippen molar-refractivity contribution in [1.29, 1.82) is 0 Å². The lowest BCUT2D eigenvalue weighted by molar-refractivity contribution is -0.151. The number of carbonyl (C=O) groups is 3. The van der Waals surface area contributed by atoms with Crippen LogP contribution < -0.4 is 4.90 Å². The molecule has 1 N–H and O–H groups in total.